The van der Waals surface area contributed by atoms with E-state index < -0.39 is 0 Å². The second kappa shape index (κ2) is 5.97. The fourth-order valence-electron chi connectivity index (χ4n) is 1.13. The van der Waals surface area contributed by atoms with Gasteiger partial charge in [-0.3, -0.25) is 4.79 Å². The molecule has 1 aromatic heterocycles. The Hall–Kier alpha value is -1.14. The van der Waals surface area contributed by atoms with Crippen molar-refractivity contribution in [2.24, 2.45) is 0 Å². The van der Waals surface area contributed by atoms with Gasteiger partial charge in [0.2, 0.25) is 11.2 Å². The summed E-state index contributed by atoms with van der Waals surface area (Å²) in [5.74, 6) is 0.307. The maximum absolute atomic E-state index is 11.6. The first-order valence-electron chi connectivity index (χ1n) is 4.96. The lowest BCUT2D eigenvalue weighted by atomic mass is 10.4. The monoisotopic (exact) mass is 277 g/mol. The fraction of sp³-hybridized carbons (Fsp3) is 0.556. The summed E-state index contributed by atoms with van der Waals surface area (Å²) in [5, 5.41) is 7.30. The van der Waals surface area contributed by atoms with Crippen LogP contribution in [0.5, 0.6) is 0 Å². The summed E-state index contributed by atoms with van der Waals surface area (Å²) in [6.07, 6.45) is 0. The number of rotatable bonds is 4. The van der Waals surface area contributed by atoms with Gasteiger partial charge in [0.15, 0.2) is 11.0 Å². The summed E-state index contributed by atoms with van der Waals surface area (Å²) >= 11 is 11.5. The molecule has 0 aliphatic heterocycles. The van der Waals surface area contributed by atoms with Crippen LogP contribution in [0.3, 0.4) is 0 Å². The van der Waals surface area contributed by atoms with Crippen molar-refractivity contribution in [3.8, 4) is 0 Å². The van der Waals surface area contributed by atoms with E-state index in [0.717, 1.165) is 0 Å². The molecule has 0 N–H and O–H groups in total. The maximum atomic E-state index is 11.6. The van der Waals surface area contributed by atoms with E-state index in [-0.39, 0.29) is 22.9 Å². The zero-order valence-electron chi connectivity index (χ0n) is 9.81. The highest BCUT2D eigenvalue weighted by atomic mass is 35.5. The molecule has 0 fully saturated rings. The lowest BCUT2D eigenvalue weighted by Gasteiger charge is -2.23. The van der Waals surface area contributed by atoms with Crippen LogP contribution in [0.15, 0.2) is 0 Å². The number of likely N-dealkylation sites (N-methyl/N-ethyl adjacent to an activating group) is 2. The van der Waals surface area contributed by atoms with E-state index in [9.17, 15) is 4.79 Å². The molecular formula is C9H13Cl2N5O. The summed E-state index contributed by atoms with van der Waals surface area (Å²) < 4.78 is 0. The van der Waals surface area contributed by atoms with Gasteiger partial charge < -0.3 is 9.80 Å². The molecule has 1 amide bonds. The van der Waals surface area contributed by atoms with Crippen LogP contribution in [0, 0.1) is 0 Å². The van der Waals surface area contributed by atoms with E-state index in [2.05, 4.69) is 15.2 Å². The highest BCUT2D eigenvalue weighted by Crippen LogP contribution is 2.21. The number of nitrogens with zero attached hydrogens (tertiary/aromatic N) is 5. The van der Waals surface area contributed by atoms with Gasteiger partial charge in [-0.25, -0.2) is 0 Å². The zero-order valence-corrected chi connectivity index (χ0v) is 11.3. The molecule has 0 saturated heterocycles. The van der Waals surface area contributed by atoms with Gasteiger partial charge in [0.05, 0.1) is 6.54 Å². The Kier molecular flexibility index (Phi) is 4.89. The first-order chi connectivity index (χ1) is 7.95. The number of hydrogen-bond donors (Lipinski definition) is 0. The van der Waals surface area contributed by atoms with Crippen LogP contribution in [0.2, 0.25) is 10.4 Å². The second-order valence-corrected chi connectivity index (χ2v) is 4.19. The van der Waals surface area contributed by atoms with Gasteiger partial charge in [0.1, 0.15) is 0 Å². The highest BCUT2D eigenvalue weighted by Gasteiger charge is 2.17. The Morgan fingerprint density at radius 2 is 1.94 bits per heavy atom. The topological polar surface area (TPSA) is 62.2 Å². The predicted octanol–water partition coefficient (Wildman–Crippen LogP) is 1.09. The van der Waals surface area contributed by atoms with E-state index in [0.29, 0.717) is 12.4 Å². The third-order valence-corrected chi connectivity index (χ3v) is 2.51. The molecule has 0 bridgehead atoms. The summed E-state index contributed by atoms with van der Waals surface area (Å²) in [6.45, 7) is 2.61. The number of aromatic nitrogens is 3. The van der Waals surface area contributed by atoms with Crippen molar-refractivity contribution in [2.45, 2.75) is 6.92 Å². The van der Waals surface area contributed by atoms with E-state index in [4.69, 9.17) is 23.2 Å². The van der Waals surface area contributed by atoms with Gasteiger partial charge in [0, 0.05) is 20.6 Å². The minimum absolute atomic E-state index is 0.000141. The molecule has 8 heteroatoms. The quantitative estimate of drug-likeness (QED) is 0.825. The summed E-state index contributed by atoms with van der Waals surface area (Å²) in [6, 6.07) is 0. The molecule has 1 rings (SSSR count). The number of amides is 1. The minimum Gasteiger partial charge on any atom is -0.347 e. The van der Waals surface area contributed by atoms with Crippen LogP contribution in [-0.4, -0.2) is 53.2 Å². The number of halogens is 2. The Morgan fingerprint density at radius 3 is 2.47 bits per heavy atom. The van der Waals surface area contributed by atoms with Crippen molar-refractivity contribution >= 4 is 34.9 Å². The van der Waals surface area contributed by atoms with Gasteiger partial charge in [-0.2, -0.15) is 4.98 Å². The molecule has 0 spiro atoms. The SMILES string of the molecule is CCN(CC(=O)N(C)C)c1nc(Cl)nnc1Cl. The molecule has 0 aliphatic rings. The van der Waals surface area contributed by atoms with Crippen LogP contribution in [0.1, 0.15) is 6.92 Å². The van der Waals surface area contributed by atoms with Crippen molar-refractivity contribution in [1.29, 1.82) is 0 Å². The largest absolute Gasteiger partial charge is 0.347 e. The fourth-order valence-corrected chi connectivity index (χ4v) is 1.45. The molecule has 0 radical (unpaired) electrons. The lowest BCUT2D eigenvalue weighted by molar-refractivity contribution is -0.127. The lowest BCUT2D eigenvalue weighted by Crippen LogP contribution is -2.37. The molecule has 94 valence electrons. The van der Waals surface area contributed by atoms with Crippen LogP contribution in [-0.2, 0) is 4.79 Å². The number of carbonyl (C=O) groups excluding carboxylic acids is 1. The first kappa shape index (κ1) is 13.9. The molecule has 1 heterocycles. The smallest absolute Gasteiger partial charge is 0.245 e. The Balaban J connectivity index is 2.93. The average molecular weight is 278 g/mol. The molecule has 0 atom stereocenters. The van der Waals surface area contributed by atoms with E-state index in [1.54, 1.807) is 19.0 Å². The van der Waals surface area contributed by atoms with Crippen LogP contribution in [0.4, 0.5) is 5.82 Å². The molecule has 0 saturated carbocycles. The summed E-state index contributed by atoms with van der Waals surface area (Å²) in [4.78, 5) is 18.8. The summed E-state index contributed by atoms with van der Waals surface area (Å²) in [5.41, 5.74) is 0. The normalized spacial score (nSPS) is 10.2. The Labute approximate surface area is 110 Å². The predicted molar refractivity (Wildman–Crippen MR) is 66.4 cm³/mol. The van der Waals surface area contributed by atoms with Crippen molar-refractivity contribution < 1.29 is 4.79 Å². The van der Waals surface area contributed by atoms with Crippen LogP contribution in [0.25, 0.3) is 0 Å². The molecule has 17 heavy (non-hydrogen) atoms. The molecule has 1 aromatic rings. The maximum Gasteiger partial charge on any atom is 0.245 e. The van der Waals surface area contributed by atoms with Gasteiger partial charge in [-0.05, 0) is 18.5 Å². The molecule has 0 unspecified atom stereocenters. The molecule has 0 aliphatic carbocycles. The van der Waals surface area contributed by atoms with Crippen LogP contribution >= 0.6 is 23.2 Å². The third kappa shape index (κ3) is 3.67. The number of carbonyl (C=O) groups is 1. The van der Waals surface area contributed by atoms with Gasteiger partial charge in [-0.1, -0.05) is 11.6 Å². The minimum atomic E-state index is -0.0577. The van der Waals surface area contributed by atoms with Crippen molar-refractivity contribution in [3.05, 3.63) is 10.4 Å². The Bertz CT molecular complexity index is 412. The van der Waals surface area contributed by atoms with Crippen molar-refractivity contribution in [3.63, 3.8) is 0 Å². The highest BCUT2D eigenvalue weighted by molar-refractivity contribution is 6.32. The van der Waals surface area contributed by atoms with Gasteiger partial charge >= 0.3 is 0 Å². The second-order valence-electron chi connectivity index (χ2n) is 3.50. The van der Waals surface area contributed by atoms with E-state index in [1.165, 1.54) is 4.90 Å². The number of hydrogen-bond acceptors (Lipinski definition) is 5. The van der Waals surface area contributed by atoms with E-state index in [1.807, 2.05) is 6.92 Å². The molecular weight excluding hydrogens is 265 g/mol. The van der Waals surface area contributed by atoms with Crippen molar-refractivity contribution in [2.75, 3.05) is 32.1 Å². The van der Waals surface area contributed by atoms with Crippen molar-refractivity contribution in [1.82, 2.24) is 20.1 Å². The third-order valence-electron chi connectivity index (χ3n) is 2.11. The average Bonchev–Trinajstić information content (AvgIpc) is 2.29. The van der Waals surface area contributed by atoms with Crippen LogP contribution < -0.4 is 4.90 Å². The molecule has 6 nitrogen and oxygen atoms in total. The number of anilines is 1. The Morgan fingerprint density at radius 1 is 1.29 bits per heavy atom. The summed E-state index contributed by atoms with van der Waals surface area (Å²) in [7, 11) is 3.37. The molecule has 0 aromatic carbocycles. The standard InChI is InChI=1S/C9H13Cl2N5O/c1-4-16(5-6(17)15(2)3)8-7(10)13-14-9(11)12-8/h4-5H2,1-3H3. The first-order valence-corrected chi connectivity index (χ1v) is 5.72. The van der Waals surface area contributed by atoms with Gasteiger partial charge in [-0.15, -0.1) is 10.2 Å². The van der Waals surface area contributed by atoms with E-state index >= 15 is 0 Å². The zero-order chi connectivity index (χ0) is 13.0. The van der Waals surface area contributed by atoms with Gasteiger partial charge in [0.25, 0.3) is 0 Å².